The van der Waals surface area contributed by atoms with Crippen molar-refractivity contribution in [3.63, 3.8) is 0 Å². The first-order chi connectivity index (χ1) is 9.63. The molecule has 2 nitrogen and oxygen atoms in total. The van der Waals surface area contributed by atoms with Gasteiger partial charge in [-0.25, -0.2) is 8.78 Å². The van der Waals surface area contributed by atoms with E-state index in [-0.39, 0.29) is 11.6 Å². The summed E-state index contributed by atoms with van der Waals surface area (Å²) in [4.78, 5) is 1.72. The predicted molar refractivity (Wildman–Crippen MR) is 77.7 cm³/mol. The molecule has 0 saturated heterocycles. The van der Waals surface area contributed by atoms with Crippen LogP contribution in [-0.4, -0.2) is 13.6 Å². The molecule has 0 saturated carbocycles. The Bertz CT molecular complexity index is 584. The fourth-order valence-corrected chi connectivity index (χ4v) is 2.31. The van der Waals surface area contributed by atoms with Crippen molar-refractivity contribution in [3.8, 4) is 0 Å². The van der Waals surface area contributed by atoms with Gasteiger partial charge in [0.25, 0.3) is 0 Å². The highest BCUT2D eigenvalue weighted by Crippen LogP contribution is 2.25. The molecule has 0 fully saturated rings. The molecule has 0 unspecified atom stereocenters. The van der Waals surface area contributed by atoms with E-state index in [1.54, 1.807) is 36.2 Å². The summed E-state index contributed by atoms with van der Waals surface area (Å²) in [5.41, 5.74) is 7.42. The van der Waals surface area contributed by atoms with Crippen LogP contribution in [-0.2, 0) is 13.0 Å². The van der Waals surface area contributed by atoms with Crippen molar-refractivity contribution in [3.05, 3.63) is 65.2 Å². The fraction of sp³-hybridized carbons (Fsp3) is 0.250. The summed E-state index contributed by atoms with van der Waals surface area (Å²) >= 11 is 0. The number of hydrogen-bond donors (Lipinski definition) is 1. The van der Waals surface area contributed by atoms with Gasteiger partial charge < -0.3 is 10.6 Å². The summed E-state index contributed by atoms with van der Waals surface area (Å²) in [6, 6.07) is 11.5. The molecule has 0 heterocycles. The Balaban J connectivity index is 2.29. The smallest absolute Gasteiger partial charge is 0.146 e. The lowest BCUT2D eigenvalue weighted by Crippen LogP contribution is -2.21. The van der Waals surface area contributed by atoms with Crippen LogP contribution in [0.2, 0.25) is 0 Å². The number of rotatable bonds is 5. The molecule has 2 aromatic rings. The van der Waals surface area contributed by atoms with Crippen LogP contribution in [0.5, 0.6) is 0 Å². The maximum absolute atomic E-state index is 14.1. The third kappa shape index (κ3) is 3.14. The zero-order valence-electron chi connectivity index (χ0n) is 11.4. The standard InChI is InChI=1S/C16H18F2N2/c1-20(11-13-5-2-3-7-14(13)17)16-12(9-10-19)6-4-8-15(16)18/h2-8H,9-11,19H2,1H3. The number of hydrogen-bond acceptors (Lipinski definition) is 2. The van der Waals surface area contributed by atoms with Crippen molar-refractivity contribution in [2.75, 3.05) is 18.5 Å². The molecule has 0 radical (unpaired) electrons. The Hall–Kier alpha value is -1.94. The van der Waals surface area contributed by atoms with Gasteiger partial charge in [-0.15, -0.1) is 0 Å². The maximum atomic E-state index is 14.1. The monoisotopic (exact) mass is 276 g/mol. The first-order valence-corrected chi connectivity index (χ1v) is 6.55. The average Bonchev–Trinajstić information content (AvgIpc) is 2.42. The molecule has 0 aliphatic carbocycles. The lowest BCUT2D eigenvalue weighted by atomic mass is 10.1. The molecule has 106 valence electrons. The molecule has 0 spiro atoms. The molecule has 2 N–H and O–H groups in total. The minimum absolute atomic E-state index is 0.281. The summed E-state index contributed by atoms with van der Waals surface area (Å²) in [5.74, 6) is -0.592. The molecule has 4 heteroatoms. The molecular formula is C16H18F2N2. The van der Waals surface area contributed by atoms with Crippen LogP contribution < -0.4 is 10.6 Å². The SMILES string of the molecule is CN(Cc1ccccc1F)c1c(F)cccc1CCN. The number of para-hydroxylation sites is 1. The highest BCUT2D eigenvalue weighted by molar-refractivity contribution is 5.55. The van der Waals surface area contributed by atoms with Gasteiger partial charge in [0, 0.05) is 19.2 Å². The average molecular weight is 276 g/mol. The van der Waals surface area contributed by atoms with Gasteiger partial charge in [0.05, 0.1) is 5.69 Å². The molecular weight excluding hydrogens is 258 g/mol. The van der Waals surface area contributed by atoms with E-state index in [1.807, 2.05) is 6.07 Å². The van der Waals surface area contributed by atoms with Gasteiger partial charge in [-0.3, -0.25) is 0 Å². The number of benzene rings is 2. The van der Waals surface area contributed by atoms with Gasteiger partial charge in [-0.05, 0) is 30.7 Å². The van der Waals surface area contributed by atoms with Gasteiger partial charge in [0.15, 0.2) is 0 Å². The largest absolute Gasteiger partial charge is 0.368 e. The summed E-state index contributed by atoms with van der Waals surface area (Å²) in [6.45, 7) is 0.759. The summed E-state index contributed by atoms with van der Waals surface area (Å²) in [5, 5.41) is 0. The number of halogens is 2. The Morgan fingerprint density at radius 3 is 2.30 bits per heavy atom. The summed E-state index contributed by atoms with van der Waals surface area (Å²) in [6.07, 6.45) is 0.592. The predicted octanol–water partition coefficient (Wildman–Crippen LogP) is 3.10. The minimum atomic E-state index is -0.310. The van der Waals surface area contributed by atoms with E-state index in [4.69, 9.17) is 5.73 Å². The molecule has 0 aliphatic rings. The quantitative estimate of drug-likeness (QED) is 0.909. The first-order valence-electron chi connectivity index (χ1n) is 6.55. The van der Waals surface area contributed by atoms with Crippen molar-refractivity contribution in [1.82, 2.24) is 0 Å². The Kier molecular flexibility index (Phi) is 4.69. The topological polar surface area (TPSA) is 29.3 Å². The number of anilines is 1. The molecule has 0 atom stereocenters. The molecule has 0 aromatic heterocycles. The van der Waals surface area contributed by atoms with Crippen LogP contribution in [0.15, 0.2) is 42.5 Å². The van der Waals surface area contributed by atoms with Crippen molar-refractivity contribution >= 4 is 5.69 Å². The van der Waals surface area contributed by atoms with Crippen molar-refractivity contribution < 1.29 is 8.78 Å². The van der Waals surface area contributed by atoms with Crippen molar-refractivity contribution in [2.24, 2.45) is 5.73 Å². The van der Waals surface area contributed by atoms with Gasteiger partial charge in [-0.2, -0.15) is 0 Å². The van der Waals surface area contributed by atoms with Crippen molar-refractivity contribution in [1.29, 1.82) is 0 Å². The van der Waals surface area contributed by atoms with Gasteiger partial charge in [-0.1, -0.05) is 30.3 Å². The molecule has 20 heavy (non-hydrogen) atoms. The first kappa shape index (κ1) is 14.5. The molecule has 2 rings (SSSR count). The molecule has 2 aromatic carbocycles. The molecule has 0 aliphatic heterocycles. The van der Waals surface area contributed by atoms with Gasteiger partial charge in [0.2, 0.25) is 0 Å². The summed E-state index contributed by atoms with van der Waals surface area (Å²) in [7, 11) is 1.75. The van der Waals surface area contributed by atoms with Crippen LogP contribution >= 0.6 is 0 Å². The van der Waals surface area contributed by atoms with Crippen LogP contribution in [0.3, 0.4) is 0 Å². The van der Waals surface area contributed by atoms with E-state index < -0.39 is 0 Å². The second-order valence-corrected chi connectivity index (χ2v) is 4.73. The lowest BCUT2D eigenvalue weighted by molar-refractivity contribution is 0.599. The third-order valence-electron chi connectivity index (χ3n) is 3.23. The van der Waals surface area contributed by atoms with E-state index in [0.29, 0.717) is 30.8 Å². The van der Waals surface area contributed by atoms with Crippen LogP contribution in [0.1, 0.15) is 11.1 Å². The summed E-state index contributed by atoms with van der Waals surface area (Å²) < 4.78 is 27.7. The fourth-order valence-electron chi connectivity index (χ4n) is 2.31. The Morgan fingerprint density at radius 1 is 0.950 bits per heavy atom. The maximum Gasteiger partial charge on any atom is 0.146 e. The molecule has 0 amide bonds. The Labute approximate surface area is 117 Å². The zero-order chi connectivity index (χ0) is 14.5. The van der Waals surface area contributed by atoms with Crippen LogP contribution in [0.4, 0.5) is 14.5 Å². The second kappa shape index (κ2) is 6.48. The van der Waals surface area contributed by atoms with Crippen LogP contribution in [0, 0.1) is 11.6 Å². The highest BCUT2D eigenvalue weighted by atomic mass is 19.1. The van der Waals surface area contributed by atoms with Crippen LogP contribution in [0.25, 0.3) is 0 Å². The van der Waals surface area contributed by atoms with E-state index in [0.717, 1.165) is 5.56 Å². The lowest BCUT2D eigenvalue weighted by Gasteiger charge is -2.23. The second-order valence-electron chi connectivity index (χ2n) is 4.73. The third-order valence-corrected chi connectivity index (χ3v) is 3.23. The molecule has 0 bridgehead atoms. The van der Waals surface area contributed by atoms with Gasteiger partial charge in [0.1, 0.15) is 11.6 Å². The van der Waals surface area contributed by atoms with Gasteiger partial charge >= 0.3 is 0 Å². The van der Waals surface area contributed by atoms with Crippen molar-refractivity contribution in [2.45, 2.75) is 13.0 Å². The minimum Gasteiger partial charge on any atom is -0.368 e. The van der Waals surface area contributed by atoms with E-state index in [9.17, 15) is 8.78 Å². The highest BCUT2D eigenvalue weighted by Gasteiger charge is 2.14. The normalized spacial score (nSPS) is 10.6. The zero-order valence-corrected chi connectivity index (χ0v) is 11.4. The van der Waals surface area contributed by atoms with E-state index in [1.165, 1.54) is 12.1 Å². The van der Waals surface area contributed by atoms with E-state index in [2.05, 4.69) is 0 Å². The number of nitrogens with two attached hydrogens (primary N) is 1. The number of nitrogens with zero attached hydrogens (tertiary/aromatic N) is 1. The van der Waals surface area contributed by atoms with E-state index >= 15 is 0 Å². The Morgan fingerprint density at radius 2 is 1.60 bits per heavy atom.